The van der Waals surface area contributed by atoms with E-state index < -0.39 is 274 Å². The van der Waals surface area contributed by atoms with Gasteiger partial charge < -0.3 is 164 Å². The molecule has 0 spiro atoms. The zero-order chi connectivity index (χ0) is 82.5. The van der Waals surface area contributed by atoms with Crippen LogP contribution in [0.2, 0.25) is 0 Å². The number of allylic oxidation sites excluding steroid dienone is 1. The van der Waals surface area contributed by atoms with Crippen molar-refractivity contribution in [2.24, 2.45) is 44.8 Å². The largest absolute Gasteiger partial charge is 0.481 e. The molecule has 646 valence electrons. The van der Waals surface area contributed by atoms with Crippen molar-refractivity contribution < 1.29 is 173 Å². The molecule has 4 saturated carbocycles. The first-order chi connectivity index (χ1) is 53.2. The summed E-state index contributed by atoms with van der Waals surface area (Å²) in [6, 6.07) is -1.46. The van der Waals surface area contributed by atoms with Crippen molar-refractivity contribution in [1.29, 1.82) is 0 Å². The summed E-state index contributed by atoms with van der Waals surface area (Å²) in [6.07, 6.45) is -41.1. The number of alkyl carbamates (subject to hydrolysis) is 1. The third-order valence-corrected chi connectivity index (χ3v) is 27.6. The van der Waals surface area contributed by atoms with E-state index in [2.05, 4.69) is 51.3 Å². The Labute approximate surface area is 654 Å². The Balaban J connectivity index is 0.834. The number of carbonyl (C=O) groups is 5. The number of carbonyl (C=O) groups excluding carboxylic acids is 3. The summed E-state index contributed by atoms with van der Waals surface area (Å²) in [5.41, 5.74) is -4.44. The van der Waals surface area contributed by atoms with Crippen LogP contribution in [-0.2, 0) is 76.0 Å². The molecule has 37 nitrogen and oxygen atoms in total. The van der Waals surface area contributed by atoms with Gasteiger partial charge in [0.2, 0.25) is 12.2 Å². The number of carboxylic acids is 2. The number of aldehydes is 1. The summed E-state index contributed by atoms with van der Waals surface area (Å²) in [7, 11) is 0. The Bertz CT molecular complexity index is 3270. The predicted octanol–water partition coefficient (Wildman–Crippen LogP) is -2.79. The zero-order valence-corrected chi connectivity index (χ0v) is 65.0. The summed E-state index contributed by atoms with van der Waals surface area (Å²) < 4.78 is 72.4. The van der Waals surface area contributed by atoms with Crippen molar-refractivity contribution in [3.63, 3.8) is 0 Å². The second-order valence-corrected chi connectivity index (χ2v) is 35.2. The molecule has 11 aliphatic rings. The van der Waals surface area contributed by atoms with E-state index in [1.807, 2.05) is 0 Å². The van der Waals surface area contributed by atoms with Crippen LogP contribution in [0.15, 0.2) is 11.6 Å². The minimum absolute atomic E-state index is 0.0118. The van der Waals surface area contributed by atoms with Crippen LogP contribution < -0.4 is 10.6 Å². The summed E-state index contributed by atoms with van der Waals surface area (Å²) >= 11 is 0. The van der Waals surface area contributed by atoms with E-state index in [-0.39, 0.29) is 43.4 Å². The molecule has 10 fully saturated rings. The molecule has 0 radical (unpaired) electrons. The van der Waals surface area contributed by atoms with Crippen LogP contribution in [0.25, 0.3) is 0 Å². The zero-order valence-electron chi connectivity index (χ0n) is 65.0. The molecule has 38 atom stereocenters. The van der Waals surface area contributed by atoms with Crippen molar-refractivity contribution >= 4 is 30.2 Å². The molecule has 6 heterocycles. The van der Waals surface area contributed by atoms with Gasteiger partial charge in [0.05, 0.1) is 61.7 Å². The number of amides is 2. The number of unbranched alkanes of at least 4 members (excludes halogenated alkanes) is 7. The molecule has 6 saturated heterocycles. The fourth-order valence-electron chi connectivity index (χ4n) is 20.9. The van der Waals surface area contributed by atoms with Gasteiger partial charge in [0.25, 0.3) is 0 Å². The summed E-state index contributed by atoms with van der Waals surface area (Å²) in [5.74, 6) is -4.40. The monoisotopic (exact) mass is 1620 g/mol. The van der Waals surface area contributed by atoms with E-state index in [1.54, 1.807) is 6.92 Å². The number of hydrogen-bond donors (Lipinski definition) is 20. The highest BCUT2D eigenvalue weighted by Crippen LogP contribution is 2.75. The van der Waals surface area contributed by atoms with Gasteiger partial charge in [0.15, 0.2) is 43.7 Å². The lowest BCUT2D eigenvalue weighted by Gasteiger charge is -2.72. The number of aliphatic hydroxyl groups is 16. The van der Waals surface area contributed by atoms with E-state index in [9.17, 15) is 106 Å². The van der Waals surface area contributed by atoms with Crippen molar-refractivity contribution in [2.75, 3.05) is 26.4 Å². The number of ether oxygens (including phenoxy) is 12. The van der Waals surface area contributed by atoms with Crippen LogP contribution >= 0.6 is 0 Å². The highest BCUT2D eigenvalue weighted by atomic mass is 16.8. The van der Waals surface area contributed by atoms with Gasteiger partial charge in [-0.1, -0.05) is 91.7 Å². The second-order valence-electron chi connectivity index (χ2n) is 35.2. The molecule has 37 heteroatoms. The minimum Gasteiger partial charge on any atom is -0.481 e. The van der Waals surface area contributed by atoms with Crippen molar-refractivity contribution in [2.45, 2.75) is 360 Å². The SMILES string of the molecule is CC1O[C@@H](OC2C(O)[C@@H](NC(=O)CCCCCCCCCCC(=O)O)C(CO)O[C@H]2OC(=O)N[C@]23CCC(C)(C)CC2C2=CCC4C5(C)CC[C@H](O[C@@H]6OC(C(=O)O)[C@@H](O)[C@H](O[C@@H]7OC[C@@H](O)[C@@H](O)C7O)C6O[C@@H]6OC(CO)[C@H](O)[C@H](O)C6O)[C@](C)(C=O)[C@@H]5CCC4(C)[C@]2(C)CC3O)C(O)C(O)[C@H]1O[C@@H]1OC[C@@H](O)C(O)C1O. The fourth-order valence-corrected chi connectivity index (χ4v) is 20.9. The molecule has 18 unspecified atom stereocenters. The molecule has 0 bridgehead atoms. The third kappa shape index (κ3) is 17.7. The molecule has 0 aromatic rings. The van der Waals surface area contributed by atoms with Crippen LogP contribution in [-0.4, -0.2) is 338 Å². The van der Waals surface area contributed by atoms with Gasteiger partial charge >= 0.3 is 18.0 Å². The average Bonchev–Trinajstić information content (AvgIpc) is 0.671. The first-order valence-electron chi connectivity index (χ1n) is 40.0. The maximum absolute atomic E-state index is 15.2. The van der Waals surface area contributed by atoms with Crippen LogP contribution in [0.4, 0.5) is 4.79 Å². The quantitative estimate of drug-likeness (QED) is 0.0163. The van der Waals surface area contributed by atoms with Gasteiger partial charge in [-0.25, -0.2) is 9.59 Å². The standard InChI is InChI=1S/C76H122N2O35/c1-33-58(108-64-53(94)47(88)36(82)30-102-64)52(93)56(97)66(104-33)111-61-50(91)46(77-44(85)16-14-12-10-8-9-11-13-15-17-45(86)87)38(28-79)105-68(61)113-70(101)78-76-25-24-71(2,3)26-35(76)34-18-19-41-72(4)22-21-43(73(5,32-81)40(72)20-23-74(41,6)75(34,7)27-42(76)84)107-69-62(112-67-55(96)51(92)49(90)39(29-80)106-67)59(57(98)60(110-69)63(99)100)109-65-54(95)48(89)37(83)31-103-65/h18,32-33,35-43,46-62,64-69,79-80,82-84,88-98H,8-17,19-31H2,1-7H3,(H,77,85)(H,78,101)(H,86,87)(H,99,100)/t33?,35?,36-,37-,38?,39?,40-,41?,42?,43+,46+,47?,48-,49+,50?,51+,52?,53?,54?,55?,56?,57+,58+,59+,60?,61?,62?,64+,65+,66+,67+,68+,69-,72?,73-,74?,75-,76-/m1/s1. The number of nitrogens with one attached hydrogen (secondary N) is 2. The number of carboxylic acid groups (broad SMARTS) is 2. The molecular formula is C76H122N2O35. The Kier molecular flexibility index (Phi) is 28.7. The Morgan fingerprint density at radius 3 is 1.69 bits per heavy atom. The lowest BCUT2D eigenvalue weighted by atomic mass is 9.34. The van der Waals surface area contributed by atoms with Crippen molar-refractivity contribution in [3.05, 3.63) is 11.6 Å². The molecule has 11 rings (SSSR count). The van der Waals surface area contributed by atoms with Crippen LogP contribution in [0, 0.1) is 44.8 Å². The lowest BCUT2D eigenvalue weighted by molar-refractivity contribution is -0.391. The maximum atomic E-state index is 15.2. The Hall–Kier alpha value is -3.99. The second kappa shape index (κ2) is 36.1. The summed E-state index contributed by atoms with van der Waals surface area (Å²) in [5, 5.41) is 203. The highest BCUT2D eigenvalue weighted by Gasteiger charge is 2.72. The highest BCUT2D eigenvalue weighted by molar-refractivity contribution is 5.76. The number of aliphatic hydroxyl groups excluding tert-OH is 16. The van der Waals surface area contributed by atoms with E-state index in [0.717, 1.165) is 44.0 Å². The number of aliphatic carboxylic acids is 2. The van der Waals surface area contributed by atoms with Crippen LogP contribution in [0.5, 0.6) is 0 Å². The van der Waals surface area contributed by atoms with Crippen molar-refractivity contribution in [1.82, 2.24) is 10.6 Å². The number of fused-ring (bicyclic) bond motifs is 7. The fraction of sp³-hybridized carbons (Fsp3) is 0.908. The van der Waals surface area contributed by atoms with E-state index in [0.29, 0.717) is 57.8 Å². The van der Waals surface area contributed by atoms with Crippen LogP contribution in [0.3, 0.4) is 0 Å². The van der Waals surface area contributed by atoms with Gasteiger partial charge in [-0.3, -0.25) is 9.59 Å². The summed E-state index contributed by atoms with van der Waals surface area (Å²) in [6.45, 7) is 10.9. The topological polar surface area (TPSA) is 584 Å². The smallest absolute Gasteiger partial charge is 0.410 e. The van der Waals surface area contributed by atoms with E-state index in [1.165, 1.54) is 6.92 Å². The number of rotatable bonds is 28. The van der Waals surface area contributed by atoms with Gasteiger partial charge in [-0.2, -0.15) is 0 Å². The van der Waals surface area contributed by atoms with E-state index in [4.69, 9.17) is 61.9 Å². The summed E-state index contributed by atoms with van der Waals surface area (Å²) in [4.78, 5) is 67.2. The van der Waals surface area contributed by atoms with E-state index >= 15 is 4.79 Å². The van der Waals surface area contributed by atoms with Crippen LogP contribution in [0.1, 0.15) is 170 Å². The van der Waals surface area contributed by atoms with Gasteiger partial charge in [0, 0.05) is 18.8 Å². The van der Waals surface area contributed by atoms with Gasteiger partial charge in [-0.05, 0) is 111 Å². The molecule has 0 aromatic heterocycles. The minimum atomic E-state index is -2.23. The molecule has 2 amide bonds. The Morgan fingerprint density at radius 1 is 0.531 bits per heavy atom. The molecule has 5 aliphatic carbocycles. The Morgan fingerprint density at radius 2 is 1.09 bits per heavy atom. The maximum Gasteiger partial charge on any atom is 0.410 e. The molecule has 20 N–H and O–H groups in total. The lowest BCUT2D eigenvalue weighted by Crippen LogP contribution is -2.73. The van der Waals surface area contributed by atoms with Crippen molar-refractivity contribution in [3.8, 4) is 0 Å². The molecule has 6 aliphatic heterocycles. The first kappa shape index (κ1) is 89.8. The molecule has 113 heavy (non-hydrogen) atoms. The number of hydrogen-bond acceptors (Lipinski definition) is 33. The normalized spacial score (nSPS) is 48.4. The van der Waals surface area contributed by atoms with Gasteiger partial charge in [0.1, 0.15) is 116 Å². The predicted molar refractivity (Wildman–Crippen MR) is 381 cm³/mol. The third-order valence-electron chi connectivity index (χ3n) is 27.6. The first-order valence-corrected chi connectivity index (χ1v) is 40.0. The van der Waals surface area contributed by atoms with Gasteiger partial charge in [-0.15, -0.1) is 0 Å². The molecular weight excluding hydrogens is 1500 g/mol. The molecule has 0 aromatic carbocycles. The average molecular weight is 1620 g/mol.